The van der Waals surface area contributed by atoms with Crippen LogP contribution in [0.1, 0.15) is 46.2 Å². The van der Waals surface area contributed by atoms with Gasteiger partial charge in [-0.25, -0.2) is 0 Å². The molecule has 0 saturated heterocycles. The van der Waals surface area contributed by atoms with Gasteiger partial charge in [0.25, 0.3) is 11.7 Å². The van der Waals surface area contributed by atoms with E-state index >= 15 is 0 Å². The summed E-state index contributed by atoms with van der Waals surface area (Å²) in [7, 11) is 0. The zero-order valence-electron chi connectivity index (χ0n) is 20.5. The van der Waals surface area contributed by atoms with Crippen LogP contribution in [0.2, 0.25) is 0 Å². The molecule has 1 N–H and O–H groups in total. The molecule has 9 nitrogen and oxygen atoms in total. The maximum absolute atomic E-state index is 12.5. The van der Waals surface area contributed by atoms with E-state index in [0.717, 1.165) is 22.5 Å². The molecule has 9 heteroatoms. The lowest BCUT2D eigenvalue weighted by Crippen LogP contribution is -2.32. The van der Waals surface area contributed by atoms with Crippen molar-refractivity contribution in [1.29, 1.82) is 0 Å². The normalized spacial score (nSPS) is 12.6. The number of carbonyl (C=O) groups is 4. The van der Waals surface area contributed by atoms with Gasteiger partial charge in [-0.1, -0.05) is 24.3 Å². The molecule has 1 aromatic heterocycles. The number of anilines is 2. The SMILES string of the molecule is CCOC(=O)Cc1c(C)nn(Cc2ccc(NC(=O)CCN3C(=O)C(=O)c4ccccc43)cc2)c1C. The van der Waals surface area contributed by atoms with Crippen molar-refractivity contribution < 1.29 is 23.9 Å². The smallest absolute Gasteiger partial charge is 0.310 e. The van der Waals surface area contributed by atoms with E-state index in [0.29, 0.717) is 30.1 Å². The van der Waals surface area contributed by atoms with E-state index in [1.807, 2.05) is 30.7 Å². The standard InChI is InChI=1S/C27H28N4O5/c1-4-36-25(33)15-22-17(2)29-31(18(22)3)16-19-9-11-20(12-10-19)28-24(32)13-14-30-23-8-6-5-7-21(23)26(34)27(30)35/h5-12H,4,13-16H2,1-3H3,(H,28,32). The molecule has 1 aliphatic heterocycles. The van der Waals surface area contributed by atoms with E-state index in [1.54, 1.807) is 43.3 Å². The molecule has 0 aliphatic carbocycles. The Morgan fingerprint density at radius 1 is 1.03 bits per heavy atom. The number of carbonyl (C=O) groups excluding carboxylic acids is 4. The van der Waals surface area contributed by atoms with Crippen LogP contribution in [0.4, 0.5) is 11.4 Å². The quantitative estimate of drug-likeness (QED) is 0.366. The first-order chi connectivity index (χ1) is 17.3. The van der Waals surface area contributed by atoms with Crippen LogP contribution in [0.5, 0.6) is 0 Å². The number of ether oxygens (including phenoxy) is 1. The van der Waals surface area contributed by atoms with E-state index in [1.165, 1.54) is 4.90 Å². The Hall–Kier alpha value is -4.27. The van der Waals surface area contributed by atoms with Crippen molar-refractivity contribution >= 4 is 34.9 Å². The Labute approximate surface area is 209 Å². The van der Waals surface area contributed by atoms with Crippen molar-refractivity contribution in [2.45, 2.75) is 40.2 Å². The largest absolute Gasteiger partial charge is 0.466 e. The number of esters is 1. The van der Waals surface area contributed by atoms with Gasteiger partial charge in [0.15, 0.2) is 0 Å². The average Bonchev–Trinajstić information content (AvgIpc) is 3.26. The second-order valence-corrected chi connectivity index (χ2v) is 8.59. The number of nitrogens with zero attached hydrogens (tertiary/aromatic N) is 3. The maximum atomic E-state index is 12.5. The minimum Gasteiger partial charge on any atom is -0.466 e. The summed E-state index contributed by atoms with van der Waals surface area (Å²) in [4.78, 5) is 50.1. The number of rotatable bonds is 9. The zero-order valence-corrected chi connectivity index (χ0v) is 20.5. The molecule has 36 heavy (non-hydrogen) atoms. The van der Waals surface area contributed by atoms with Crippen LogP contribution in [-0.2, 0) is 32.1 Å². The molecule has 0 radical (unpaired) electrons. The third-order valence-corrected chi connectivity index (χ3v) is 6.17. The lowest BCUT2D eigenvalue weighted by Gasteiger charge is -2.16. The highest BCUT2D eigenvalue weighted by Crippen LogP contribution is 2.28. The molecule has 0 fully saturated rings. The van der Waals surface area contributed by atoms with Gasteiger partial charge in [-0.3, -0.25) is 23.9 Å². The average molecular weight is 489 g/mol. The van der Waals surface area contributed by atoms with Crippen molar-refractivity contribution in [3.05, 3.63) is 76.6 Å². The Balaban J connectivity index is 1.33. The molecule has 2 amide bonds. The Bertz CT molecular complexity index is 1330. The van der Waals surface area contributed by atoms with Gasteiger partial charge in [-0.05, 0) is 50.6 Å². The monoisotopic (exact) mass is 488 g/mol. The molecule has 0 unspecified atom stereocenters. The zero-order chi connectivity index (χ0) is 25.8. The summed E-state index contributed by atoms with van der Waals surface area (Å²) in [6.45, 7) is 6.58. The molecule has 2 aromatic carbocycles. The fourth-order valence-corrected chi connectivity index (χ4v) is 4.27. The second kappa shape index (κ2) is 10.6. The van der Waals surface area contributed by atoms with Crippen molar-refractivity contribution in [2.75, 3.05) is 23.4 Å². The number of amides is 2. The number of hydrogen-bond donors (Lipinski definition) is 1. The van der Waals surface area contributed by atoms with E-state index in [9.17, 15) is 19.2 Å². The molecular formula is C27H28N4O5. The molecule has 0 bridgehead atoms. The number of hydrogen-bond acceptors (Lipinski definition) is 6. The van der Waals surface area contributed by atoms with Crippen LogP contribution in [-0.4, -0.2) is 46.5 Å². The van der Waals surface area contributed by atoms with Crippen LogP contribution in [0.3, 0.4) is 0 Å². The maximum Gasteiger partial charge on any atom is 0.310 e. The Morgan fingerprint density at radius 2 is 1.75 bits per heavy atom. The molecule has 0 atom stereocenters. The van der Waals surface area contributed by atoms with Crippen LogP contribution >= 0.6 is 0 Å². The summed E-state index contributed by atoms with van der Waals surface area (Å²) in [6, 6.07) is 14.2. The third-order valence-electron chi connectivity index (χ3n) is 6.17. The topological polar surface area (TPSA) is 111 Å². The minimum absolute atomic E-state index is 0.0596. The van der Waals surface area contributed by atoms with Gasteiger partial charge in [0.05, 0.1) is 36.5 Å². The first-order valence-electron chi connectivity index (χ1n) is 11.8. The summed E-state index contributed by atoms with van der Waals surface area (Å²) in [5.41, 5.74) is 5.11. The molecular weight excluding hydrogens is 460 g/mol. The summed E-state index contributed by atoms with van der Waals surface area (Å²) in [6.07, 6.45) is 0.253. The molecule has 0 spiro atoms. The van der Waals surface area contributed by atoms with Crippen LogP contribution < -0.4 is 10.2 Å². The van der Waals surface area contributed by atoms with Gasteiger partial charge in [-0.15, -0.1) is 0 Å². The van der Waals surface area contributed by atoms with Gasteiger partial charge in [-0.2, -0.15) is 5.10 Å². The number of Topliss-reactive ketones (excluding diaryl/α,β-unsaturated/α-hetero) is 1. The van der Waals surface area contributed by atoms with Gasteiger partial charge in [0, 0.05) is 29.9 Å². The molecule has 0 saturated carbocycles. The van der Waals surface area contributed by atoms with Crippen LogP contribution in [0.25, 0.3) is 0 Å². The van der Waals surface area contributed by atoms with Gasteiger partial charge in [0.2, 0.25) is 5.91 Å². The highest BCUT2D eigenvalue weighted by atomic mass is 16.5. The van der Waals surface area contributed by atoms with Gasteiger partial charge < -0.3 is 15.0 Å². The number of nitrogens with one attached hydrogen (secondary N) is 1. The van der Waals surface area contributed by atoms with Crippen molar-refractivity contribution in [2.24, 2.45) is 0 Å². The Morgan fingerprint density at radius 3 is 2.47 bits per heavy atom. The van der Waals surface area contributed by atoms with Crippen LogP contribution in [0.15, 0.2) is 48.5 Å². The van der Waals surface area contributed by atoms with E-state index in [4.69, 9.17) is 4.74 Å². The fourth-order valence-electron chi connectivity index (χ4n) is 4.27. The van der Waals surface area contributed by atoms with E-state index < -0.39 is 11.7 Å². The first kappa shape index (κ1) is 24.8. The predicted octanol–water partition coefficient (Wildman–Crippen LogP) is 3.21. The van der Waals surface area contributed by atoms with Crippen molar-refractivity contribution in [3.63, 3.8) is 0 Å². The summed E-state index contributed by atoms with van der Waals surface area (Å²) in [5.74, 6) is -1.68. The number of para-hydroxylation sites is 1. The fraction of sp³-hybridized carbons (Fsp3) is 0.296. The summed E-state index contributed by atoms with van der Waals surface area (Å²) < 4.78 is 6.91. The molecule has 1 aliphatic rings. The summed E-state index contributed by atoms with van der Waals surface area (Å²) in [5, 5.41) is 7.39. The molecule has 3 aromatic rings. The Kier molecular flexibility index (Phi) is 7.28. The summed E-state index contributed by atoms with van der Waals surface area (Å²) >= 11 is 0. The molecule has 2 heterocycles. The van der Waals surface area contributed by atoms with Crippen molar-refractivity contribution in [3.8, 4) is 0 Å². The third kappa shape index (κ3) is 5.19. The van der Waals surface area contributed by atoms with Gasteiger partial charge in [0.1, 0.15) is 0 Å². The van der Waals surface area contributed by atoms with Crippen LogP contribution in [0, 0.1) is 13.8 Å². The number of fused-ring (bicyclic) bond motifs is 1. The molecule has 186 valence electrons. The lowest BCUT2D eigenvalue weighted by atomic mass is 10.1. The predicted molar refractivity (Wildman–Crippen MR) is 134 cm³/mol. The first-order valence-corrected chi connectivity index (χ1v) is 11.8. The highest BCUT2D eigenvalue weighted by molar-refractivity contribution is 6.52. The van der Waals surface area contributed by atoms with E-state index in [-0.39, 0.29) is 31.3 Å². The van der Waals surface area contributed by atoms with Crippen molar-refractivity contribution in [1.82, 2.24) is 9.78 Å². The minimum atomic E-state index is -0.608. The number of aryl methyl sites for hydroxylation is 1. The van der Waals surface area contributed by atoms with Gasteiger partial charge >= 0.3 is 5.97 Å². The second-order valence-electron chi connectivity index (χ2n) is 8.59. The number of aromatic nitrogens is 2. The molecule has 4 rings (SSSR count). The highest BCUT2D eigenvalue weighted by Gasteiger charge is 2.35. The van der Waals surface area contributed by atoms with E-state index in [2.05, 4.69) is 10.4 Å². The number of benzene rings is 2. The number of ketones is 1. The lowest BCUT2D eigenvalue weighted by molar-refractivity contribution is -0.142.